The number of carbonyl (C=O) groups excluding carboxylic acids is 1. The Morgan fingerprint density at radius 2 is 1.86 bits per heavy atom. The van der Waals surface area contributed by atoms with Crippen LogP contribution in [0.1, 0.15) is 38.0 Å². The van der Waals surface area contributed by atoms with Crippen LogP contribution in [-0.2, 0) is 4.79 Å². The van der Waals surface area contributed by atoms with Gasteiger partial charge in [0.15, 0.2) is 0 Å². The standard InChI is InChI=1S/C21H13FN2O3S/c22-14-7-5-13(6-8-14)17-18-19(28-20(17)21(26)27)15(9-16(25)24-18)12-3-1-11(10-23)2-4-12/h1-8,15H,9H2,(H,24,25)(H,26,27)/t15-/m1/s1. The maximum Gasteiger partial charge on any atom is 0.346 e. The van der Waals surface area contributed by atoms with Crippen molar-refractivity contribution < 1.29 is 19.1 Å². The molecule has 1 aliphatic rings. The number of fused-ring (bicyclic) bond motifs is 1. The number of carboxylic acid groups (broad SMARTS) is 1. The minimum Gasteiger partial charge on any atom is -0.477 e. The van der Waals surface area contributed by atoms with Gasteiger partial charge in [-0.1, -0.05) is 24.3 Å². The number of nitrogens with one attached hydrogen (secondary N) is 1. The first-order valence-electron chi connectivity index (χ1n) is 8.43. The van der Waals surface area contributed by atoms with E-state index in [1.165, 1.54) is 24.3 Å². The molecule has 1 amide bonds. The summed E-state index contributed by atoms with van der Waals surface area (Å²) in [6, 6.07) is 14.5. The predicted octanol–water partition coefficient (Wildman–Crippen LogP) is 4.60. The topological polar surface area (TPSA) is 90.2 Å². The lowest BCUT2D eigenvalue weighted by Gasteiger charge is -2.24. The molecule has 5 nitrogen and oxygen atoms in total. The van der Waals surface area contributed by atoms with Crippen LogP contribution in [-0.4, -0.2) is 17.0 Å². The van der Waals surface area contributed by atoms with Crippen LogP contribution in [0.3, 0.4) is 0 Å². The molecule has 0 unspecified atom stereocenters. The third-order valence-electron chi connectivity index (χ3n) is 4.68. The van der Waals surface area contributed by atoms with Crippen LogP contribution in [0.15, 0.2) is 48.5 Å². The van der Waals surface area contributed by atoms with Crippen molar-refractivity contribution in [1.29, 1.82) is 5.26 Å². The predicted molar refractivity (Wildman–Crippen MR) is 103 cm³/mol. The summed E-state index contributed by atoms with van der Waals surface area (Å²) < 4.78 is 13.3. The number of rotatable bonds is 3. The average Bonchev–Trinajstić information content (AvgIpc) is 3.07. The van der Waals surface area contributed by atoms with E-state index >= 15 is 0 Å². The average molecular weight is 392 g/mol. The van der Waals surface area contributed by atoms with Gasteiger partial charge in [0.1, 0.15) is 10.7 Å². The molecule has 7 heteroatoms. The molecule has 2 aromatic carbocycles. The Bertz CT molecular complexity index is 1130. The zero-order valence-corrected chi connectivity index (χ0v) is 15.2. The lowest BCUT2D eigenvalue weighted by atomic mass is 9.88. The molecule has 28 heavy (non-hydrogen) atoms. The number of thiophene rings is 1. The maximum absolute atomic E-state index is 13.3. The van der Waals surface area contributed by atoms with Gasteiger partial charge in [0.2, 0.25) is 5.91 Å². The lowest BCUT2D eigenvalue weighted by Crippen LogP contribution is -2.22. The summed E-state index contributed by atoms with van der Waals surface area (Å²) in [6.07, 6.45) is 0.182. The van der Waals surface area contributed by atoms with Crippen molar-refractivity contribution in [3.63, 3.8) is 0 Å². The smallest absolute Gasteiger partial charge is 0.346 e. The Kier molecular flexibility index (Phi) is 4.41. The first-order valence-corrected chi connectivity index (χ1v) is 9.25. The summed E-state index contributed by atoms with van der Waals surface area (Å²) in [5.41, 5.74) is 2.71. The van der Waals surface area contributed by atoms with E-state index in [4.69, 9.17) is 5.26 Å². The molecule has 1 aromatic heterocycles. The Labute approximate surface area is 163 Å². The van der Waals surface area contributed by atoms with Crippen LogP contribution in [0.5, 0.6) is 0 Å². The summed E-state index contributed by atoms with van der Waals surface area (Å²) in [5, 5.41) is 21.5. The van der Waals surface area contributed by atoms with E-state index in [-0.39, 0.29) is 23.1 Å². The van der Waals surface area contributed by atoms with Crippen LogP contribution >= 0.6 is 11.3 Å². The quantitative estimate of drug-likeness (QED) is 0.682. The number of halogens is 1. The van der Waals surface area contributed by atoms with Crippen molar-refractivity contribution >= 4 is 28.9 Å². The van der Waals surface area contributed by atoms with E-state index in [1.807, 2.05) is 0 Å². The minimum atomic E-state index is -1.11. The van der Waals surface area contributed by atoms with Gasteiger partial charge in [-0.2, -0.15) is 5.26 Å². The molecule has 2 heterocycles. The molecule has 1 atom stereocenters. The summed E-state index contributed by atoms with van der Waals surface area (Å²) in [7, 11) is 0. The molecule has 4 rings (SSSR count). The fourth-order valence-electron chi connectivity index (χ4n) is 3.39. The monoisotopic (exact) mass is 392 g/mol. The van der Waals surface area contributed by atoms with Crippen molar-refractivity contribution in [2.45, 2.75) is 12.3 Å². The Hall–Kier alpha value is -3.50. The van der Waals surface area contributed by atoms with Crippen molar-refractivity contribution in [3.8, 4) is 17.2 Å². The van der Waals surface area contributed by atoms with Crippen LogP contribution in [0.25, 0.3) is 11.1 Å². The number of benzene rings is 2. The molecule has 0 aliphatic carbocycles. The molecule has 0 fully saturated rings. The van der Waals surface area contributed by atoms with Crippen molar-refractivity contribution in [3.05, 3.63) is 75.2 Å². The third-order valence-corrected chi connectivity index (χ3v) is 5.97. The van der Waals surface area contributed by atoms with E-state index < -0.39 is 11.8 Å². The van der Waals surface area contributed by atoms with Crippen molar-refractivity contribution in [2.75, 3.05) is 5.32 Å². The number of hydrogen-bond acceptors (Lipinski definition) is 4. The molecule has 0 bridgehead atoms. The second-order valence-corrected chi connectivity index (χ2v) is 7.45. The molecule has 0 saturated carbocycles. The molecule has 3 aromatic rings. The van der Waals surface area contributed by atoms with E-state index in [2.05, 4.69) is 11.4 Å². The van der Waals surface area contributed by atoms with Gasteiger partial charge in [0.05, 0.1) is 17.3 Å². The fraction of sp³-hybridized carbons (Fsp3) is 0.0952. The van der Waals surface area contributed by atoms with Crippen LogP contribution < -0.4 is 5.32 Å². The molecular weight excluding hydrogens is 379 g/mol. The minimum absolute atomic E-state index is 0.0949. The Morgan fingerprint density at radius 3 is 2.46 bits per heavy atom. The molecule has 1 aliphatic heterocycles. The zero-order valence-electron chi connectivity index (χ0n) is 14.4. The number of anilines is 1. The molecule has 138 valence electrons. The molecule has 0 radical (unpaired) electrons. The van der Waals surface area contributed by atoms with Gasteiger partial charge in [-0.15, -0.1) is 11.3 Å². The van der Waals surface area contributed by atoms with Crippen LogP contribution in [0.2, 0.25) is 0 Å². The highest BCUT2D eigenvalue weighted by atomic mass is 32.1. The number of carbonyl (C=O) groups is 2. The molecule has 0 spiro atoms. The number of aromatic carboxylic acids is 1. The van der Waals surface area contributed by atoms with Gasteiger partial charge in [-0.25, -0.2) is 9.18 Å². The number of hydrogen-bond donors (Lipinski definition) is 2. The third kappa shape index (κ3) is 3.04. The highest BCUT2D eigenvalue weighted by Gasteiger charge is 2.34. The fourth-order valence-corrected chi connectivity index (χ4v) is 4.63. The van der Waals surface area contributed by atoms with E-state index in [9.17, 15) is 19.1 Å². The van der Waals surface area contributed by atoms with E-state index in [0.717, 1.165) is 21.8 Å². The first kappa shape index (κ1) is 17.9. The van der Waals surface area contributed by atoms with Gasteiger partial charge >= 0.3 is 5.97 Å². The summed E-state index contributed by atoms with van der Waals surface area (Å²) in [6.45, 7) is 0. The lowest BCUT2D eigenvalue weighted by molar-refractivity contribution is -0.116. The second-order valence-electron chi connectivity index (χ2n) is 6.40. The highest BCUT2D eigenvalue weighted by Crippen LogP contribution is 2.49. The van der Waals surface area contributed by atoms with Gasteiger partial charge in [-0.3, -0.25) is 4.79 Å². The number of nitriles is 1. The van der Waals surface area contributed by atoms with Gasteiger partial charge in [0, 0.05) is 22.8 Å². The molecule has 0 saturated heterocycles. The van der Waals surface area contributed by atoms with Crippen molar-refractivity contribution in [2.24, 2.45) is 0 Å². The normalized spacial score (nSPS) is 15.4. The Morgan fingerprint density at radius 1 is 1.18 bits per heavy atom. The number of amides is 1. The number of carboxylic acids is 1. The van der Waals surface area contributed by atoms with Gasteiger partial charge < -0.3 is 10.4 Å². The molecule has 2 N–H and O–H groups in total. The largest absolute Gasteiger partial charge is 0.477 e. The zero-order chi connectivity index (χ0) is 19.8. The van der Waals surface area contributed by atoms with E-state index in [0.29, 0.717) is 22.4 Å². The van der Waals surface area contributed by atoms with Crippen molar-refractivity contribution in [1.82, 2.24) is 0 Å². The van der Waals surface area contributed by atoms with Crippen LogP contribution in [0.4, 0.5) is 10.1 Å². The number of nitrogens with zero attached hydrogens (tertiary/aromatic N) is 1. The highest BCUT2D eigenvalue weighted by molar-refractivity contribution is 7.15. The second kappa shape index (κ2) is 6.91. The van der Waals surface area contributed by atoms with Crippen LogP contribution in [0, 0.1) is 17.1 Å². The van der Waals surface area contributed by atoms with Gasteiger partial charge in [-0.05, 0) is 35.4 Å². The first-order chi connectivity index (χ1) is 13.5. The Balaban J connectivity index is 1.90. The van der Waals surface area contributed by atoms with Gasteiger partial charge in [0.25, 0.3) is 0 Å². The summed E-state index contributed by atoms with van der Waals surface area (Å²) in [4.78, 5) is 25.1. The SMILES string of the molecule is N#Cc1ccc([C@H]2CC(=O)Nc3c2sc(C(=O)O)c3-c2ccc(F)cc2)cc1. The summed E-state index contributed by atoms with van der Waals surface area (Å²) >= 11 is 1.11. The van der Waals surface area contributed by atoms with E-state index in [1.54, 1.807) is 24.3 Å². The molecular formula is C21H13FN2O3S. The summed E-state index contributed by atoms with van der Waals surface area (Å²) in [5.74, 6) is -2.07. The maximum atomic E-state index is 13.3.